The van der Waals surface area contributed by atoms with Crippen LogP contribution in [-0.4, -0.2) is 33.4 Å². The first-order chi connectivity index (χ1) is 11.7. The third kappa shape index (κ3) is 2.88. The molecule has 0 aliphatic carbocycles. The Bertz CT molecular complexity index is 901. The third-order valence-corrected chi connectivity index (χ3v) is 4.39. The number of nitrogens with one attached hydrogen (secondary N) is 3. The molecule has 1 aliphatic rings. The minimum Gasteiger partial charge on any atom is -0.350 e. The molecule has 3 heterocycles. The van der Waals surface area contributed by atoms with Crippen molar-refractivity contribution in [2.45, 2.75) is 25.9 Å². The quantitative estimate of drug-likeness (QED) is 0.686. The SMILES string of the molecule is Cc1nc2ncc(C(=O)NCC3Cc4ccccc4CN3)cc2[nH]1. The van der Waals surface area contributed by atoms with E-state index >= 15 is 0 Å². The molecule has 0 bridgehead atoms. The monoisotopic (exact) mass is 321 g/mol. The molecule has 122 valence electrons. The van der Waals surface area contributed by atoms with Gasteiger partial charge in [0.15, 0.2) is 5.65 Å². The van der Waals surface area contributed by atoms with Crippen LogP contribution >= 0.6 is 0 Å². The van der Waals surface area contributed by atoms with Gasteiger partial charge in [0, 0.05) is 25.3 Å². The molecule has 2 aromatic heterocycles. The van der Waals surface area contributed by atoms with Crippen LogP contribution in [0.4, 0.5) is 0 Å². The summed E-state index contributed by atoms with van der Waals surface area (Å²) in [6.45, 7) is 3.30. The number of imidazole rings is 1. The van der Waals surface area contributed by atoms with Crippen molar-refractivity contribution in [3.8, 4) is 0 Å². The highest BCUT2D eigenvalue weighted by molar-refractivity contribution is 5.96. The van der Waals surface area contributed by atoms with E-state index < -0.39 is 0 Å². The molecule has 6 nitrogen and oxygen atoms in total. The Labute approximate surface area is 139 Å². The van der Waals surface area contributed by atoms with E-state index in [4.69, 9.17) is 0 Å². The maximum atomic E-state index is 12.4. The van der Waals surface area contributed by atoms with Gasteiger partial charge in [0.05, 0.1) is 11.1 Å². The van der Waals surface area contributed by atoms with E-state index in [1.165, 1.54) is 11.1 Å². The molecule has 1 aromatic carbocycles. The summed E-state index contributed by atoms with van der Waals surface area (Å²) in [7, 11) is 0. The summed E-state index contributed by atoms with van der Waals surface area (Å²) < 4.78 is 0. The second-order valence-electron chi connectivity index (χ2n) is 6.18. The molecular weight excluding hydrogens is 302 g/mol. The van der Waals surface area contributed by atoms with E-state index in [1.807, 2.05) is 6.92 Å². The fourth-order valence-electron chi connectivity index (χ4n) is 3.13. The van der Waals surface area contributed by atoms with Crippen molar-refractivity contribution in [3.63, 3.8) is 0 Å². The summed E-state index contributed by atoms with van der Waals surface area (Å²) in [5.41, 5.74) is 4.65. The Morgan fingerprint density at radius 1 is 1.33 bits per heavy atom. The number of hydrogen-bond acceptors (Lipinski definition) is 4. The molecule has 0 saturated heterocycles. The Kier molecular flexibility index (Phi) is 3.74. The molecule has 24 heavy (non-hydrogen) atoms. The number of fused-ring (bicyclic) bond motifs is 2. The van der Waals surface area contributed by atoms with Gasteiger partial charge in [-0.25, -0.2) is 9.97 Å². The van der Waals surface area contributed by atoms with Gasteiger partial charge < -0.3 is 15.6 Å². The van der Waals surface area contributed by atoms with Gasteiger partial charge in [-0.05, 0) is 30.5 Å². The number of rotatable bonds is 3. The van der Waals surface area contributed by atoms with Crippen LogP contribution in [0.15, 0.2) is 36.5 Å². The molecule has 3 aromatic rings. The highest BCUT2D eigenvalue weighted by Gasteiger charge is 2.18. The zero-order valence-corrected chi connectivity index (χ0v) is 13.5. The van der Waals surface area contributed by atoms with Crippen LogP contribution < -0.4 is 10.6 Å². The van der Waals surface area contributed by atoms with Gasteiger partial charge in [-0.15, -0.1) is 0 Å². The van der Waals surface area contributed by atoms with Crippen molar-refractivity contribution >= 4 is 17.1 Å². The molecular formula is C18H19N5O. The second kappa shape index (κ2) is 6.05. The number of H-pyrrole nitrogens is 1. The van der Waals surface area contributed by atoms with Crippen molar-refractivity contribution in [2.75, 3.05) is 6.54 Å². The predicted molar refractivity (Wildman–Crippen MR) is 91.7 cm³/mol. The van der Waals surface area contributed by atoms with E-state index in [-0.39, 0.29) is 11.9 Å². The number of hydrogen-bond donors (Lipinski definition) is 3. The van der Waals surface area contributed by atoms with Gasteiger partial charge in [-0.3, -0.25) is 4.79 Å². The van der Waals surface area contributed by atoms with E-state index in [1.54, 1.807) is 12.3 Å². The molecule has 0 radical (unpaired) electrons. The number of carbonyl (C=O) groups excluding carboxylic acids is 1. The van der Waals surface area contributed by atoms with Gasteiger partial charge in [0.25, 0.3) is 5.91 Å². The number of pyridine rings is 1. The Morgan fingerprint density at radius 2 is 2.17 bits per heavy atom. The number of nitrogens with zero attached hydrogens (tertiary/aromatic N) is 2. The standard InChI is InChI=1S/C18H19N5O/c1-11-22-16-7-14(9-20-17(16)23-11)18(24)21-10-15-6-12-4-2-3-5-13(12)8-19-15/h2-5,7,9,15,19H,6,8,10H2,1H3,(H,21,24)(H,20,22,23). The number of carbonyl (C=O) groups is 1. The smallest absolute Gasteiger partial charge is 0.252 e. The predicted octanol–water partition coefficient (Wildman–Crippen LogP) is 1.71. The van der Waals surface area contributed by atoms with E-state index in [0.29, 0.717) is 17.8 Å². The molecule has 6 heteroatoms. The van der Waals surface area contributed by atoms with Crippen molar-refractivity contribution < 1.29 is 4.79 Å². The lowest BCUT2D eigenvalue weighted by molar-refractivity contribution is 0.0948. The maximum Gasteiger partial charge on any atom is 0.252 e. The summed E-state index contributed by atoms with van der Waals surface area (Å²) in [4.78, 5) is 23.9. The second-order valence-corrected chi connectivity index (χ2v) is 6.18. The zero-order valence-electron chi connectivity index (χ0n) is 13.5. The van der Waals surface area contributed by atoms with Gasteiger partial charge in [-0.1, -0.05) is 24.3 Å². The molecule has 1 unspecified atom stereocenters. The van der Waals surface area contributed by atoms with Crippen LogP contribution in [0.25, 0.3) is 11.2 Å². The first-order valence-corrected chi connectivity index (χ1v) is 8.10. The normalized spacial score (nSPS) is 16.8. The number of amides is 1. The van der Waals surface area contributed by atoms with Crippen molar-refractivity contribution in [1.82, 2.24) is 25.6 Å². The lowest BCUT2D eigenvalue weighted by atomic mass is 9.96. The summed E-state index contributed by atoms with van der Waals surface area (Å²) in [5, 5.41) is 6.46. The van der Waals surface area contributed by atoms with Gasteiger partial charge in [-0.2, -0.15) is 0 Å². The highest BCUT2D eigenvalue weighted by atomic mass is 16.1. The minimum atomic E-state index is -0.114. The van der Waals surface area contributed by atoms with Crippen LogP contribution in [0.2, 0.25) is 0 Å². The molecule has 1 amide bonds. The van der Waals surface area contributed by atoms with Crippen molar-refractivity contribution in [2.24, 2.45) is 0 Å². The maximum absolute atomic E-state index is 12.4. The Balaban J connectivity index is 1.41. The van der Waals surface area contributed by atoms with Crippen molar-refractivity contribution in [3.05, 3.63) is 59.0 Å². The molecule has 4 rings (SSSR count). The van der Waals surface area contributed by atoms with Gasteiger partial charge >= 0.3 is 0 Å². The van der Waals surface area contributed by atoms with Crippen LogP contribution in [-0.2, 0) is 13.0 Å². The topological polar surface area (TPSA) is 82.7 Å². The number of aryl methyl sites for hydroxylation is 1. The van der Waals surface area contributed by atoms with Crippen LogP contribution in [0, 0.1) is 6.92 Å². The van der Waals surface area contributed by atoms with Crippen LogP contribution in [0.5, 0.6) is 0 Å². The lowest BCUT2D eigenvalue weighted by Gasteiger charge is -2.26. The molecule has 0 fully saturated rings. The average Bonchev–Trinajstić information content (AvgIpc) is 2.98. The average molecular weight is 321 g/mol. The summed E-state index contributed by atoms with van der Waals surface area (Å²) >= 11 is 0. The third-order valence-electron chi connectivity index (χ3n) is 4.39. The molecule has 3 N–H and O–H groups in total. The fourth-order valence-corrected chi connectivity index (χ4v) is 3.13. The number of benzene rings is 1. The van der Waals surface area contributed by atoms with Crippen molar-refractivity contribution in [1.29, 1.82) is 0 Å². The van der Waals surface area contributed by atoms with Crippen LogP contribution in [0.3, 0.4) is 0 Å². The number of aromatic amines is 1. The molecule has 1 aliphatic heterocycles. The highest BCUT2D eigenvalue weighted by Crippen LogP contribution is 2.16. The fraction of sp³-hybridized carbons (Fsp3) is 0.278. The van der Waals surface area contributed by atoms with Gasteiger partial charge in [0.1, 0.15) is 5.82 Å². The first-order valence-electron chi connectivity index (χ1n) is 8.10. The summed E-state index contributed by atoms with van der Waals surface area (Å²) in [6, 6.07) is 10.5. The van der Waals surface area contributed by atoms with E-state index in [0.717, 1.165) is 24.3 Å². The summed E-state index contributed by atoms with van der Waals surface area (Å²) in [5.74, 6) is 0.678. The largest absolute Gasteiger partial charge is 0.350 e. The molecule has 1 atom stereocenters. The number of aromatic nitrogens is 3. The first kappa shape index (κ1) is 14.8. The zero-order chi connectivity index (χ0) is 16.5. The van der Waals surface area contributed by atoms with E-state index in [2.05, 4.69) is 49.9 Å². The molecule has 0 spiro atoms. The van der Waals surface area contributed by atoms with Gasteiger partial charge in [0.2, 0.25) is 0 Å². The molecule has 0 saturated carbocycles. The Hall–Kier alpha value is -2.73. The van der Waals surface area contributed by atoms with Crippen LogP contribution in [0.1, 0.15) is 27.3 Å². The summed E-state index contributed by atoms with van der Waals surface area (Å²) in [6.07, 6.45) is 2.50. The Morgan fingerprint density at radius 3 is 3.04 bits per heavy atom. The minimum absolute atomic E-state index is 0.114. The van der Waals surface area contributed by atoms with E-state index in [9.17, 15) is 4.79 Å². The lowest BCUT2D eigenvalue weighted by Crippen LogP contribution is -2.44.